The zero-order valence-electron chi connectivity index (χ0n) is 11.4. The molecule has 1 aliphatic rings. The highest BCUT2D eigenvalue weighted by Gasteiger charge is 2.27. The molecule has 2 aromatic rings. The predicted molar refractivity (Wildman–Crippen MR) is 79.2 cm³/mol. The summed E-state index contributed by atoms with van der Waals surface area (Å²) in [4.78, 5) is 17.0. The molecular formula is C16H17NO2S. The van der Waals surface area contributed by atoms with E-state index in [0.717, 1.165) is 30.0 Å². The lowest BCUT2D eigenvalue weighted by atomic mass is 9.91. The van der Waals surface area contributed by atoms with E-state index < -0.39 is 5.97 Å². The van der Waals surface area contributed by atoms with Gasteiger partial charge in [0.25, 0.3) is 0 Å². The van der Waals surface area contributed by atoms with Crippen LogP contribution in [-0.2, 0) is 24.1 Å². The molecule has 3 nitrogen and oxygen atoms in total. The minimum Gasteiger partial charge on any atom is -0.481 e. The largest absolute Gasteiger partial charge is 0.481 e. The summed E-state index contributed by atoms with van der Waals surface area (Å²) >= 11 is 1.68. The Balaban J connectivity index is 1.79. The first-order chi connectivity index (χ1) is 9.61. The van der Waals surface area contributed by atoms with Crippen LogP contribution in [0.5, 0.6) is 0 Å². The highest BCUT2D eigenvalue weighted by atomic mass is 32.1. The summed E-state index contributed by atoms with van der Waals surface area (Å²) in [6.07, 6.45) is 3.01. The van der Waals surface area contributed by atoms with Crippen LogP contribution in [0.15, 0.2) is 24.3 Å². The topological polar surface area (TPSA) is 50.2 Å². The van der Waals surface area contributed by atoms with Crippen LogP contribution in [0.2, 0.25) is 0 Å². The van der Waals surface area contributed by atoms with Crippen molar-refractivity contribution in [2.75, 3.05) is 0 Å². The van der Waals surface area contributed by atoms with Gasteiger partial charge in [0.15, 0.2) is 0 Å². The number of hydrogen-bond donors (Lipinski definition) is 1. The van der Waals surface area contributed by atoms with Crippen molar-refractivity contribution in [3.63, 3.8) is 0 Å². The van der Waals surface area contributed by atoms with Gasteiger partial charge in [-0.1, -0.05) is 29.8 Å². The zero-order chi connectivity index (χ0) is 14.1. The maximum atomic E-state index is 11.1. The number of hydrogen-bond acceptors (Lipinski definition) is 3. The quantitative estimate of drug-likeness (QED) is 0.943. The van der Waals surface area contributed by atoms with Gasteiger partial charge < -0.3 is 5.11 Å². The van der Waals surface area contributed by atoms with E-state index in [2.05, 4.69) is 31.2 Å². The smallest absolute Gasteiger partial charge is 0.306 e. The third kappa shape index (κ3) is 2.75. The van der Waals surface area contributed by atoms with Crippen LogP contribution < -0.4 is 0 Å². The highest BCUT2D eigenvalue weighted by Crippen LogP contribution is 2.31. The van der Waals surface area contributed by atoms with Gasteiger partial charge in [-0.25, -0.2) is 4.98 Å². The van der Waals surface area contributed by atoms with Gasteiger partial charge in [0.2, 0.25) is 0 Å². The van der Waals surface area contributed by atoms with Crippen LogP contribution >= 0.6 is 11.3 Å². The molecule has 3 rings (SSSR count). The Bertz CT molecular complexity index is 648. The van der Waals surface area contributed by atoms with E-state index in [9.17, 15) is 4.79 Å². The Morgan fingerprint density at radius 1 is 1.50 bits per heavy atom. The summed E-state index contributed by atoms with van der Waals surface area (Å²) < 4.78 is 0. The molecule has 1 atom stereocenters. The second-order valence-electron chi connectivity index (χ2n) is 5.42. The maximum Gasteiger partial charge on any atom is 0.306 e. The number of fused-ring (bicyclic) bond motifs is 1. The van der Waals surface area contributed by atoms with E-state index in [-0.39, 0.29) is 5.92 Å². The van der Waals surface area contributed by atoms with Crippen molar-refractivity contribution in [2.45, 2.75) is 32.6 Å². The van der Waals surface area contributed by atoms with Crippen LogP contribution in [0.4, 0.5) is 0 Å². The van der Waals surface area contributed by atoms with Crippen LogP contribution in [0.1, 0.15) is 33.1 Å². The Morgan fingerprint density at radius 3 is 3.10 bits per heavy atom. The second-order valence-corrected chi connectivity index (χ2v) is 6.59. The summed E-state index contributed by atoms with van der Waals surface area (Å²) in [7, 11) is 0. The summed E-state index contributed by atoms with van der Waals surface area (Å²) in [6.45, 7) is 2.09. The molecule has 0 radical (unpaired) electrons. The number of rotatable bonds is 3. The molecule has 0 aliphatic heterocycles. The fourth-order valence-corrected chi connectivity index (χ4v) is 3.94. The molecule has 1 aromatic heterocycles. The van der Waals surface area contributed by atoms with Gasteiger partial charge in [0, 0.05) is 11.3 Å². The predicted octanol–water partition coefficient (Wildman–Crippen LogP) is 3.23. The van der Waals surface area contributed by atoms with E-state index in [1.807, 2.05) is 0 Å². The lowest BCUT2D eigenvalue weighted by Gasteiger charge is -2.16. The summed E-state index contributed by atoms with van der Waals surface area (Å²) in [6, 6.07) is 8.46. The minimum absolute atomic E-state index is 0.227. The molecule has 1 heterocycles. The Kier molecular flexibility index (Phi) is 3.57. The summed E-state index contributed by atoms with van der Waals surface area (Å²) in [5, 5.41) is 10.2. The Hall–Kier alpha value is -1.68. The Morgan fingerprint density at radius 2 is 2.35 bits per heavy atom. The van der Waals surface area contributed by atoms with Gasteiger partial charge in [-0.2, -0.15) is 0 Å². The van der Waals surface area contributed by atoms with Gasteiger partial charge in [0.1, 0.15) is 0 Å². The van der Waals surface area contributed by atoms with E-state index >= 15 is 0 Å². The summed E-state index contributed by atoms with van der Waals surface area (Å²) in [5.41, 5.74) is 3.65. The Labute approximate surface area is 122 Å². The van der Waals surface area contributed by atoms with Gasteiger partial charge in [-0.05, 0) is 31.7 Å². The average Bonchev–Trinajstić information content (AvgIpc) is 2.79. The van der Waals surface area contributed by atoms with Crippen molar-refractivity contribution >= 4 is 17.3 Å². The lowest BCUT2D eigenvalue weighted by molar-refractivity contribution is -0.142. The second kappa shape index (κ2) is 5.37. The van der Waals surface area contributed by atoms with Crippen molar-refractivity contribution in [3.8, 4) is 0 Å². The molecule has 0 saturated heterocycles. The molecule has 1 unspecified atom stereocenters. The standard InChI is InChI=1S/C16H17NO2S/c1-10-3-2-4-11(7-10)8-15-17-13-6-5-12(16(18)19)9-14(13)20-15/h2-4,7,12H,5-6,8-9H2,1H3,(H,18,19). The molecule has 1 N–H and O–H groups in total. The van der Waals surface area contributed by atoms with E-state index in [0.29, 0.717) is 6.42 Å². The number of carboxylic acids is 1. The molecule has 0 spiro atoms. The van der Waals surface area contributed by atoms with Crippen LogP contribution in [0.3, 0.4) is 0 Å². The third-order valence-corrected chi connectivity index (χ3v) is 4.89. The zero-order valence-corrected chi connectivity index (χ0v) is 12.2. The van der Waals surface area contributed by atoms with Crippen molar-refractivity contribution in [3.05, 3.63) is 51.0 Å². The monoisotopic (exact) mass is 287 g/mol. The van der Waals surface area contributed by atoms with Gasteiger partial charge in [-0.3, -0.25) is 4.79 Å². The SMILES string of the molecule is Cc1cccc(Cc2nc3c(s2)CC(C(=O)O)CC3)c1. The first kappa shape index (κ1) is 13.3. The van der Waals surface area contributed by atoms with Crippen molar-refractivity contribution in [1.29, 1.82) is 0 Å². The number of aromatic nitrogens is 1. The molecular weight excluding hydrogens is 270 g/mol. The lowest BCUT2D eigenvalue weighted by Crippen LogP contribution is -2.21. The fraction of sp³-hybridized carbons (Fsp3) is 0.375. The number of aliphatic carboxylic acids is 1. The van der Waals surface area contributed by atoms with Gasteiger partial charge in [-0.15, -0.1) is 11.3 Å². The van der Waals surface area contributed by atoms with Crippen molar-refractivity contribution < 1.29 is 9.90 Å². The molecule has 20 heavy (non-hydrogen) atoms. The molecule has 4 heteroatoms. The molecule has 0 bridgehead atoms. The number of thiazole rings is 1. The van der Waals surface area contributed by atoms with E-state index in [1.54, 1.807) is 11.3 Å². The first-order valence-corrected chi connectivity index (χ1v) is 7.69. The molecule has 0 fully saturated rings. The number of carbonyl (C=O) groups is 1. The highest BCUT2D eigenvalue weighted by molar-refractivity contribution is 7.11. The first-order valence-electron chi connectivity index (χ1n) is 6.87. The van der Waals surface area contributed by atoms with E-state index in [4.69, 9.17) is 10.1 Å². The number of carboxylic acid groups (broad SMARTS) is 1. The third-order valence-electron chi connectivity index (χ3n) is 3.77. The van der Waals surface area contributed by atoms with Crippen LogP contribution in [0, 0.1) is 12.8 Å². The van der Waals surface area contributed by atoms with E-state index in [1.165, 1.54) is 16.0 Å². The maximum absolute atomic E-state index is 11.1. The summed E-state index contributed by atoms with van der Waals surface area (Å²) in [5.74, 6) is -0.904. The average molecular weight is 287 g/mol. The fourth-order valence-electron chi connectivity index (χ4n) is 2.71. The van der Waals surface area contributed by atoms with Gasteiger partial charge in [0.05, 0.1) is 16.6 Å². The van der Waals surface area contributed by atoms with Crippen molar-refractivity contribution in [2.24, 2.45) is 5.92 Å². The molecule has 104 valence electrons. The van der Waals surface area contributed by atoms with Gasteiger partial charge >= 0.3 is 5.97 Å². The van der Waals surface area contributed by atoms with Crippen LogP contribution in [0.25, 0.3) is 0 Å². The molecule has 0 amide bonds. The van der Waals surface area contributed by atoms with Crippen LogP contribution in [-0.4, -0.2) is 16.1 Å². The number of benzene rings is 1. The molecule has 0 saturated carbocycles. The molecule has 1 aromatic carbocycles. The number of aryl methyl sites for hydroxylation is 2. The normalized spacial score (nSPS) is 17.8. The number of nitrogens with zero attached hydrogens (tertiary/aromatic N) is 1. The minimum atomic E-state index is -0.677. The van der Waals surface area contributed by atoms with Crippen molar-refractivity contribution in [1.82, 2.24) is 4.98 Å². The molecule has 1 aliphatic carbocycles.